The fourth-order valence-electron chi connectivity index (χ4n) is 3.15. The second kappa shape index (κ2) is 6.86. The Morgan fingerprint density at radius 2 is 2.23 bits per heavy atom. The first-order valence-corrected chi connectivity index (χ1v) is 9.44. The van der Waals surface area contributed by atoms with Crippen LogP contribution in [-0.2, 0) is 0 Å². The van der Waals surface area contributed by atoms with E-state index in [0.29, 0.717) is 34.7 Å². The maximum Gasteiger partial charge on any atom is 0.256 e. The molecule has 1 aliphatic rings. The number of nitrogens with one attached hydrogen (secondary N) is 1. The van der Waals surface area contributed by atoms with Crippen LogP contribution >= 0.6 is 22.9 Å². The number of carbonyl (C=O) groups is 1. The first kappa shape index (κ1) is 17.3. The number of rotatable bonds is 3. The van der Waals surface area contributed by atoms with Crippen LogP contribution in [0.5, 0.6) is 0 Å². The van der Waals surface area contributed by atoms with E-state index in [2.05, 4.69) is 20.0 Å². The minimum atomic E-state index is -0.104. The average molecular weight is 392 g/mol. The Kier molecular flexibility index (Phi) is 4.56. The molecule has 0 bridgehead atoms. The van der Waals surface area contributed by atoms with Gasteiger partial charge in [0.05, 0.1) is 9.90 Å². The zero-order chi connectivity index (χ0) is 18.3. The van der Waals surface area contributed by atoms with Crippen LogP contribution < -0.4 is 0 Å². The van der Waals surface area contributed by atoms with E-state index in [-0.39, 0.29) is 11.9 Å². The van der Waals surface area contributed by atoms with Crippen LogP contribution in [0.25, 0.3) is 10.4 Å². The van der Waals surface area contributed by atoms with Gasteiger partial charge in [-0.05, 0) is 26.1 Å². The van der Waals surface area contributed by atoms with Gasteiger partial charge < -0.3 is 14.4 Å². The van der Waals surface area contributed by atoms with E-state index < -0.39 is 0 Å². The summed E-state index contributed by atoms with van der Waals surface area (Å²) in [6.07, 6.45) is 3.58. The Labute approximate surface area is 159 Å². The smallest absolute Gasteiger partial charge is 0.256 e. The third-order valence-corrected chi connectivity index (χ3v) is 5.84. The van der Waals surface area contributed by atoms with Gasteiger partial charge in [-0.3, -0.25) is 9.69 Å². The first-order chi connectivity index (χ1) is 12.5. The Morgan fingerprint density at radius 3 is 2.92 bits per heavy atom. The predicted octanol–water partition coefficient (Wildman–Crippen LogP) is 3.22. The number of carbonyl (C=O) groups excluding carboxylic acids is 1. The Balaban J connectivity index is 1.58. The molecule has 3 aromatic rings. The van der Waals surface area contributed by atoms with Crippen LogP contribution in [0.4, 0.5) is 0 Å². The molecule has 4 heterocycles. The number of nitrogens with zero attached hydrogens (tertiary/aromatic N) is 4. The van der Waals surface area contributed by atoms with Crippen molar-refractivity contribution in [3.63, 3.8) is 0 Å². The molecule has 3 aromatic heterocycles. The molecule has 0 aromatic carbocycles. The quantitative estimate of drug-likeness (QED) is 0.741. The maximum absolute atomic E-state index is 13.1. The van der Waals surface area contributed by atoms with Crippen LogP contribution in [0.1, 0.15) is 28.1 Å². The van der Waals surface area contributed by atoms with Crippen LogP contribution in [0.15, 0.2) is 29.0 Å². The van der Waals surface area contributed by atoms with E-state index in [1.165, 1.54) is 11.3 Å². The summed E-state index contributed by atoms with van der Waals surface area (Å²) in [5, 5.41) is 3.87. The lowest BCUT2D eigenvalue weighted by atomic mass is 10.1. The molecule has 4 rings (SSSR count). The normalized spacial score (nSPS) is 18.4. The number of halogens is 1. The van der Waals surface area contributed by atoms with Crippen LogP contribution in [0.3, 0.4) is 0 Å². The molecule has 1 saturated heterocycles. The topological polar surface area (TPSA) is 78.3 Å². The average Bonchev–Trinajstić information content (AvgIpc) is 3.35. The molecule has 1 fully saturated rings. The van der Waals surface area contributed by atoms with Crippen LogP contribution in [-0.4, -0.2) is 57.5 Å². The molecule has 9 heteroatoms. The largest absolute Gasteiger partial charge is 0.366 e. The van der Waals surface area contributed by atoms with Crippen molar-refractivity contribution in [2.45, 2.75) is 13.0 Å². The van der Waals surface area contributed by atoms with Gasteiger partial charge in [0.15, 0.2) is 5.82 Å². The third kappa shape index (κ3) is 3.15. The molecule has 1 aliphatic heterocycles. The Bertz CT molecular complexity index is 933. The molecule has 1 amide bonds. The minimum absolute atomic E-state index is 0.0138. The summed E-state index contributed by atoms with van der Waals surface area (Å²) in [5.74, 6) is 1.13. The van der Waals surface area contributed by atoms with Gasteiger partial charge in [-0.15, -0.1) is 11.3 Å². The van der Waals surface area contributed by atoms with E-state index in [1.54, 1.807) is 13.1 Å². The van der Waals surface area contributed by atoms with Crippen molar-refractivity contribution in [1.82, 2.24) is 24.9 Å². The van der Waals surface area contributed by atoms with Crippen LogP contribution in [0, 0.1) is 6.92 Å². The predicted molar refractivity (Wildman–Crippen MR) is 99.4 cm³/mol. The minimum Gasteiger partial charge on any atom is -0.366 e. The molecule has 7 nitrogen and oxygen atoms in total. The van der Waals surface area contributed by atoms with Crippen molar-refractivity contribution in [3.05, 3.63) is 46.1 Å². The third-order valence-electron chi connectivity index (χ3n) is 4.58. The lowest BCUT2D eigenvalue weighted by molar-refractivity contribution is 0.0490. The SMILES string of the molecule is Cc1noc(C2CN(C(=O)c3c[nH]cc3-c3ccc(Cl)s3)CCN2C)n1. The number of amides is 1. The van der Waals surface area contributed by atoms with Crippen molar-refractivity contribution in [3.8, 4) is 10.4 Å². The summed E-state index contributed by atoms with van der Waals surface area (Å²) in [6.45, 7) is 3.68. The highest BCUT2D eigenvalue weighted by Crippen LogP contribution is 2.34. The highest BCUT2D eigenvalue weighted by Gasteiger charge is 2.33. The standard InChI is InChI=1S/C17H18ClN5O2S/c1-10-20-16(25-21-10)13-9-23(6-5-22(13)2)17(24)12-8-19-7-11(12)14-3-4-15(18)26-14/h3-4,7-8,13,19H,5-6,9H2,1-2H3. The molecular formula is C17H18ClN5O2S. The molecule has 1 atom stereocenters. The summed E-state index contributed by atoms with van der Waals surface area (Å²) >= 11 is 7.50. The van der Waals surface area contributed by atoms with Crippen molar-refractivity contribution in [2.75, 3.05) is 26.7 Å². The molecule has 0 aliphatic carbocycles. The van der Waals surface area contributed by atoms with Gasteiger partial charge in [0.25, 0.3) is 5.91 Å². The fraction of sp³-hybridized carbons (Fsp3) is 0.353. The molecule has 1 unspecified atom stereocenters. The number of thiophene rings is 1. The number of piperazine rings is 1. The van der Waals surface area contributed by atoms with Gasteiger partial charge in [-0.1, -0.05) is 16.8 Å². The van der Waals surface area contributed by atoms with E-state index in [9.17, 15) is 4.79 Å². The summed E-state index contributed by atoms with van der Waals surface area (Å²) in [4.78, 5) is 25.5. The highest BCUT2D eigenvalue weighted by molar-refractivity contribution is 7.19. The molecule has 26 heavy (non-hydrogen) atoms. The fourth-order valence-corrected chi connectivity index (χ4v) is 4.22. The number of aryl methyl sites for hydroxylation is 1. The highest BCUT2D eigenvalue weighted by atomic mass is 35.5. The zero-order valence-corrected chi connectivity index (χ0v) is 16.0. The number of aromatic nitrogens is 3. The maximum atomic E-state index is 13.1. The molecular weight excluding hydrogens is 374 g/mol. The molecule has 0 saturated carbocycles. The van der Waals surface area contributed by atoms with Crippen molar-refractivity contribution >= 4 is 28.8 Å². The van der Waals surface area contributed by atoms with Gasteiger partial charge in [0.1, 0.15) is 6.04 Å². The molecule has 0 spiro atoms. The number of H-pyrrole nitrogens is 1. The Morgan fingerprint density at radius 1 is 1.38 bits per heavy atom. The second-order valence-electron chi connectivity index (χ2n) is 6.31. The summed E-state index contributed by atoms with van der Waals surface area (Å²) in [6, 6.07) is 3.67. The summed E-state index contributed by atoms with van der Waals surface area (Å²) in [5.41, 5.74) is 1.52. The number of aromatic amines is 1. The van der Waals surface area contributed by atoms with E-state index in [1.807, 2.05) is 30.3 Å². The van der Waals surface area contributed by atoms with Crippen LogP contribution in [0.2, 0.25) is 4.34 Å². The lowest BCUT2D eigenvalue weighted by Gasteiger charge is -2.37. The first-order valence-electron chi connectivity index (χ1n) is 8.25. The number of likely N-dealkylation sites (N-methyl/N-ethyl adjacent to an activating group) is 1. The van der Waals surface area contributed by atoms with Crippen molar-refractivity contribution in [1.29, 1.82) is 0 Å². The van der Waals surface area contributed by atoms with E-state index >= 15 is 0 Å². The monoisotopic (exact) mass is 391 g/mol. The summed E-state index contributed by atoms with van der Waals surface area (Å²) in [7, 11) is 2.00. The van der Waals surface area contributed by atoms with Gasteiger partial charge in [-0.2, -0.15) is 4.98 Å². The summed E-state index contributed by atoms with van der Waals surface area (Å²) < 4.78 is 6.03. The molecule has 136 valence electrons. The Hall–Kier alpha value is -2.16. The van der Waals surface area contributed by atoms with Gasteiger partial charge in [-0.25, -0.2) is 0 Å². The van der Waals surface area contributed by atoms with Gasteiger partial charge in [0.2, 0.25) is 5.89 Å². The number of hydrogen-bond acceptors (Lipinski definition) is 6. The molecule has 1 N–H and O–H groups in total. The van der Waals surface area contributed by atoms with E-state index in [0.717, 1.165) is 17.0 Å². The van der Waals surface area contributed by atoms with E-state index in [4.69, 9.17) is 16.1 Å². The second-order valence-corrected chi connectivity index (χ2v) is 8.03. The lowest BCUT2D eigenvalue weighted by Crippen LogP contribution is -2.49. The van der Waals surface area contributed by atoms with Gasteiger partial charge in [0, 0.05) is 42.5 Å². The van der Waals surface area contributed by atoms with Crippen molar-refractivity contribution in [2.24, 2.45) is 0 Å². The molecule has 0 radical (unpaired) electrons. The number of hydrogen-bond donors (Lipinski definition) is 1. The zero-order valence-electron chi connectivity index (χ0n) is 14.4. The van der Waals surface area contributed by atoms with Crippen molar-refractivity contribution < 1.29 is 9.32 Å². The van der Waals surface area contributed by atoms with Gasteiger partial charge >= 0.3 is 0 Å².